The van der Waals surface area contributed by atoms with Crippen LogP contribution in [-0.4, -0.2) is 33.0 Å². The lowest BCUT2D eigenvalue weighted by molar-refractivity contribution is 0.327. The summed E-state index contributed by atoms with van der Waals surface area (Å²) in [4.78, 5) is 2.46. The fraction of sp³-hybridized carbons (Fsp3) is 0.833. The normalized spacial score (nSPS) is 17.4. The first-order valence-corrected chi connectivity index (χ1v) is 6.35. The number of aromatic nitrogens is 3. The molecule has 1 saturated heterocycles. The van der Waals surface area contributed by atoms with Gasteiger partial charge in [0.15, 0.2) is 0 Å². The summed E-state index contributed by atoms with van der Waals surface area (Å²) in [5.74, 6) is 0.728. The molecule has 0 radical (unpaired) electrons. The fourth-order valence-electron chi connectivity index (χ4n) is 2.08. The number of nitrogens with zero attached hydrogens (tertiary/aromatic N) is 4. The molecule has 0 bridgehead atoms. The molecule has 0 N–H and O–H groups in total. The van der Waals surface area contributed by atoms with Crippen LogP contribution in [0, 0.1) is 5.92 Å². The predicted molar refractivity (Wildman–Crippen MR) is 64.0 cm³/mol. The molecular weight excluding hydrogens is 200 g/mol. The van der Waals surface area contributed by atoms with Gasteiger partial charge in [0.2, 0.25) is 0 Å². The molecule has 1 aromatic heterocycles. The summed E-state index contributed by atoms with van der Waals surface area (Å²) < 4.78 is 1.98. The van der Waals surface area contributed by atoms with Crippen molar-refractivity contribution in [1.82, 2.24) is 19.9 Å². The van der Waals surface area contributed by atoms with Crippen LogP contribution in [0.2, 0.25) is 0 Å². The van der Waals surface area contributed by atoms with E-state index in [2.05, 4.69) is 35.3 Å². The maximum atomic E-state index is 4.23. The Hall–Kier alpha value is -0.900. The second-order valence-corrected chi connectivity index (χ2v) is 5.14. The van der Waals surface area contributed by atoms with Crippen molar-refractivity contribution in [3.05, 3.63) is 11.9 Å². The Kier molecular flexibility index (Phi) is 3.93. The molecule has 0 amide bonds. The molecule has 1 aliphatic heterocycles. The van der Waals surface area contributed by atoms with Crippen molar-refractivity contribution >= 4 is 0 Å². The molecule has 0 spiro atoms. The number of hydrogen-bond acceptors (Lipinski definition) is 3. The molecule has 90 valence electrons. The van der Waals surface area contributed by atoms with E-state index in [0.717, 1.165) is 24.7 Å². The van der Waals surface area contributed by atoms with Gasteiger partial charge in [-0.05, 0) is 38.3 Å². The number of aryl methyl sites for hydroxylation is 1. The van der Waals surface area contributed by atoms with E-state index in [1.54, 1.807) is 0 Å². The van der Waals surface area contributed by atoms with Crippen LogP contribution in [0.25, 0.3) is 0 Å². The zero-order valence-electron chi connectivity index (χ0n) is 10.4. The first-order chi connectivity index (χ1) is 7.74. The summed E-state index contributed by atoms with van der Waals surface area (Å²) in [6.07, 6.45) is 5.94. The summed E-state index contributed by atoms with van der Waals surface area (Å²) >= 11 is 0. The Morgan fingerprint density at radius 2 is 2.06 bits per heavy atom. The van der Waals surface area contributed by atoms with Gasteiger partial charge in [-0.2, -0.15) is 0 Å². The molecule has 0 unspecified atom stereocenters. The molecule has 4 heteroatoms. The van der Waals surface area contributed by atoms with Gasteiger partial charge >= 0.3 is 0 Å². The van der Waals surface area contributed by atoms with E-state index < -0.39 is 0 Å². The SMILES string of the molecule is CC(C)CCn1cc(CN2CCCC2)nn1. The number of likely N-dealkylation sites (tertiary alicyclic amines) is 1. The average Bonchev–Trinajstić information content (AvgIpc) is 2.87. The van der Waals surface area contributed by atoms with Crippen molar-refractivity contribution in [3.63, 3.8) is 0 Å². The van der Waals surface area contributed by atoms with Crippen molar-refractivity contribution in [2.75, 3.05) is 13.1 Å². The van der Waals surface area contributed by atoms with Gasteiger partial charge in [0.1, 0.15) is 0 Å². The molecule has 1 aliphatic rings. The summed E-state index contributed by atoms with van der Waals surface area (Å²) in [5.41, 5.74) is 1.12. The fourth-order valence-corrected chi connectivity index (χ4v) is 2.08. The third kappa shape index (κ3) is 3.30. The molecule has 0 atom stereocenters. The van der Waals surface area contributed by atoms with Gasteiger partial charge in [0.05, 0.1) is 5.69 Å². The predicted octanol–water partition coefficient (Wildman–Crippen LogP) is 1.92. The second-order valence-electron chi connectivity index (χ2n) is 5.14. The van der Waals surface area contributed by atoms with E-state index in [9.17, 15) is 0 Å². The van der Waals surface area contributed by atoms with E-state index in [1.165, 1.54) is 32.4 Å². The van der Waals surface area contributed by atoms with E-state index in [0.29, 0.717) is 0 Å². The van der Waals surface area contributed by atoms with Gasteiger partial charge in [-0.3, -0.25) is 9.58 Å². The Morgan fingerprint density at radius 1 is 1.31 bits per heavy atom. The van der Waals surface area contributed by atoms with Crippen molar-refractivity contribution < 1.29 is 0 Å². The average molecular weight is 222 g/mol. The molecule has 0 saturated carbocycles. The Bertz CT molecular complexity index is 313. The van der Waals surface area contributed by atoms with Crippen LogP contribution in [0.1, 0.15) is 38.8 Å². The minimum atomic E-state index is 0.728. The van der Waals surface area contributed by atoms with Gasteiger partial charge in [-0.1, -0.05) is 19.1 Å². The summed E-state index contributed by atoms with van der Waals surface area (Å²) in [6, 6.07) is 0. The maximum absolute atomic E-state index is 4.23. The zero-order valence-corrected chi connectivity index (χ0v) is 10.4. The van der Waals surface area contributed by atoms with Crippen LogP contribution in [0.4, 0.5) is 0 Å². The highest BCUT2D eigenvalue weighted by molar-refractivity contribution is 4.92. The minimum absolute atomic E-state index is 0.728. The summed E-state index contributed by atoms with van der Waals surface area (Å²) in [7, 11) is 0. The topological polar surface area (TPSA) is 34.0 Å². The highest BCUT2D eigenvalue weighted by Crippen LogP contribution is 2.11. The number of hydrogen-bond donors (Lipinski definition) is 0. The largest absolute Gasteiger partial charge is 0.297 e. The van der Waals surface area contributed by atoms with Crippen LogP contribution in [-0.2, 0) is 13.1 Å². The van der Waals surface area contributed by atoms with Gasteiger partial charge in [0, 0.05) is 19.3 Å². The lowest BCUT2D eigenvalue weighted by Gasteiger charge is -2.11. The van der Waals surface area contributed by atoms with E-state index >= 15 is 0 Å². The second kappa shape index (κ2) is 5.43. The van der Waals surface area contributed by atoms with Gasteiger partial charge < -0.3 is 0 Å². The first kappa shape index (κ1) is 11.6. The van der Waals surface area contributed by atoms with Crippen LogP contribution >= 0.6 is 0 Å². The van der Waals surface area contributed by atoms with Crippen LogP contribution < -0.4 is 0 Å². The Balaban J connectivity index is 1.81. The van der Waals surface area contributed by atoms with E-state index in [1.807, 2.05) is 4.68 Å². The first-order valence-electron chi connectivity index (χ1n) is 6.35. The van der Waals surface area contributed by atoms with Crippen LogP contribution in [0.3, 0.4) is 0 Å². The lowest BCUT2D eigenvalue weighted by atomic mass is 10.1. The van der Waals surface area contributed by atoms with Gasteiger partial charge in [-0.15, -0.1) is 5.10 Å². The van der Waals surface area contributed by atoms with Gasteiger partial charge in [0.25, 0.3) is 0 Å². The summed E-state index contributed by atoms with van der Waals surface area (Å²) in [6.45, 7) is 8.88. The van der Waals surface area contributed by atoms with Crippen LogP contribution in [0.15, 0.2) is 6.20 Å². The molecule has 4 nitrogen and oxygen atoms in total. The molecule has 1 fully saturated rings. The molecule has 0 aromatic carbocycles. The highest BCUT2D eigenvalue weighted by Gasteiger charge is 2.13. The monoisotopic (exact) mass is 222 g/mol. The quantitative estimate of drug-likeness (QED) is 0.763. The third-order valence-electron chi connectivity index (χ3n) is 3.11. The minimum Gasteiger partial charge on any atom is -0.297 e. The Morgan fingerprint density at radius 3 is 2.75 bits per heavy atom. The molecule has 1 aromatic rings. The van der Waals surface area contributed by atoms with Crippen LogP contribution in [0.5, 0.6) is 0 Å². The molecular formula is C12H22N4. The van der Waals surface area contributed by atoms with Crippen molar-refractivity contribution in [2.24, 2.45) is 5.92 Å². The van der Waals surface area contributed by atoms with E-state index in [-0.39, 0.29) is 0 Å². The van der Waals surface area contributed by atoms with Gasteiger partial charge in [-0.25, -0.2) is 0 Å². The third-order valence-corrected chi connectivity index (χ3v) is 3.11. The molecule has 0 aliphatic carbocycles. The van der Waals surface area contributed by atoms with Crippen molar-refractivity contribution in [2.45, 2.75) is 46.2 Å². The maximum Gasteiger partial charge on any atom is 0.0967 e. The zero-order chi connectivity index (χ0) is 11.4. The van der Waals surface area contributed by atoms with Crippen molar-refractivity contribution in [3.8, 4) is 0 Å². The molecule has 2 heterocycles. The standard InChI is InChI=1S/C12H22N4/c1-11(2)5-8-16-10-12(13-14-16)9-15-6-3-4-7-15/h10-11H,3-9H2,1-2H3. The summed E-state index contributed by atoms with van der Waals surface area (Å²) in [5, 5.41) is 8.40. The van der Waals surface area contributed by atoms with E-state index in [4.69, 9.17) is 0 Å². The van der Waals surface area contributed by atoms with Crippen molar-refractivity contribution in [1.29, 1.82) is 0 Å². The number of rotatable bonds is 5. The lowest BCUT2D eigenvalue weighted by Crippen LogP contribution is -2.18. The molecule has 16 heavy (non-hydrogen) atoms. The smallest absolute Gasteiger partial charge is 0.0967 e. The highest BCUT2D eigenvalue weighted by atomic mass is 15.4. The Labute approximate surface area is 97.6 Å². The molecule has 2 rings (SSSR count).